The third-order valence-electron chi connectivity index (χ3n) is 15.1. The minimum absolute atomic E-state index is 0. The van der Waals surface area contributed by atoms with Gasteiger partial charge >= 0.3 is 51.4 Å². The fraction of sp³-hybridized carbons (Fsp3) is 0.606. The molecule has 3 unspecified atom stereocenters. The molecule has 0 saturated carbocycles. The molecule has 0 spiro atoms. The SMILES string of the molecule is CC.CC.CCCC(CCC)CN(CCC)C(C)CC.CN\C=C/C(=C(C)/C=C(\C)CN1CCC(c2c(F)cc(C(C)=O)cc2F)CC1)n1ccc(NC)cc1=O.[CH2-]CCC(C(N)=O)N1OC(C)C(C)(C)c2cc(CC)ccc21.[K+]. The zero-order valence-corrected chi connectivity index (χ0v) is 56.6. The minimum Gasteiger partial charge on any atom is -0.394 e. The van der Waals surface area contributed by atoms with Gasteiger partial charge in [0.05, 0.1) is 17.5 Å². The van der Waals surface area contributed by atoms with Crippen LogP contribution in [-0.2, 0) is 21.5 Å². The monoisotopic (exact) mass is 1140 g/mol. The van der Waals surface area contributed by atoms with Crippen molar-refractivity contribution >= 4 is 28.8 Å². The van der Waals surface area contributed by atoms with E-state index in [9.17, 15) is 23.2 Å². The van der Waals surface area contributed by atoms with Gasteiger partial charge in [-0.2, -0.15) is 6.42 Å². The van der Waals surface area contributed by atoms with Crippen LogP contribution in [0.15, 0.2) is 83.0 Å². The predicted octanol–water partition coefficient (Wildman–Crippen LogP) is 12.1. The molecular formula is C66H108F2KN7O4. The second-order valence-electron chi connectivity index (χ2n) is 21.3. The molecule has 11 nitrogen and oxygen atoms in total. The second-order valence-corrected chi connectivity index (χ2v) is 21.3. The van der Waals surface area contributed by atoms with Crippen LogP contribution in [0.3, 0.4) is 0 Å². The Labute approximate surface area is 527 Å². The molecule has 80 heavy (non-hydrogen) atoms. The first-order valence-electron chi connectivity index (χ1n) is 29.9. The number of nitrogens with one attached hydrogen (secondary N) is 2. The standard InChI is InChI=1S/C29H36F2N4O2.C18H27N2O2.C15H33N.2C2H6.K/c1-19(14-20(2)27(6-10-32-4)35-13-9-24(33-5)17-28(35)37)18-34-11-7-22(8-12-34)29-25(30)15-23(21(3)36)16-26(29)31;1-6-8-16(17(19)21)20-15-10-9-13(7-2)11-14(15)18(4,5)12(3)22-20;1-6-10-15(11-7-2)13-16(12-8-3)14(5)9-4;2*1-2;/h6,9-10,13-17,22,32-33H,7-8,11-12,18H2,1-5H3;9-12,16H,1,6-8H2,2-5H3,(H2,19,21);14-15H,6-13H2,1-5H3;2*1-2H3;/q;-1;;;;+1/b10-6-,19-14+,27-20-;;;;;. The summed E-state index contributed by atoms with van der Waals surface area (Å²) in [7, 11) is 3.57. The number of hydroxylamine groups is 1. The summed E-state index contributed by atoms with van der Waals surface area (Å²) in [6.45, 7) is 42.0. The molecule has 1 saturated heterocycles. The van der Waals surface area contributed by atoms with E-state index >= 15 is 0 Å². The third-order valence-corrected chi connectivity index (χ3v) is 15.1. The maximum atomic E-state index is 14.6. The van der Waals surface area contributed by atoms with E-state index in [2.05, 4.69) is 101 Å². The first-order valence-corrected chi connectivity index (χ1v) is 29.9. The first-order chi connectivity index (χ1) is 37.6. The maximum Gasteiger partial charge on any atom is 1.00 e. The summed E-state index contributed by atoms with van der Waals surface area (Å²) in [6.07, 6.45) is 19.0. The molecule has 0 radical (unpaired) electrons. The average molecular weight is 1140 g/mol. The number of aryl methyl sites for hydroxylation is 1. The Bertz CT molecular complexity index is 2400. The number of anilines is 2. The summed E-state index contributed by atoms with van der Waals surface area (Å²) in [6, 6.07) is 12.3. The van der Waals surface area contributed by atoms with Gasteiger partial charge in [0, 0.05) is 67.7 Å². The molecule has 0 aliphatic carbocycles. The summed E-state index contributed by atoms with van der Waals surface area (Å²) in [5.41, 5.74) is 12.5. The van der Waals surface area contributed by atoms with Gasteiger partial charge in [-0.15, -0.1) is 0 Å². The van der Waals surface area contributed by atoms with Gasteiger partial charge in [-0.25, -0.2) is 13.8 Å². The number of benzene rings is 2. The fourth-order valence-electron chi connectivity index (χ4n) is 10.2. The van der Waals surface area contributed by atoms with Gasteiger partial charge in [0.2, 0.25) is 5.91 Å². The van der Waals surface area contributed by atoms with E-state index in [4.69, 9.17) is 10.6 Å². The minimum atomic E-state index is -0.638. The van der Waals surface area contributed by atoms with Crippen molar-refractivity contribution in [1.29, 1.82) is 0 Å². The molecular weight excluding hydrogens is 1030 g/mol. The van der Waals surface area contributed by atoms with E-state index < -0.39 is 17.7 Å². The molecule has 5 rings (SSSR count). The average Bonchev–Trinajstić information content (AvgIpc) is 3.43. The number of nitrogens with zero attached hydrogens (tertiary/aromatic N) is 4. The van der Waals surface area contributed by atoms with Crippen LogP contribution in [0.2, 0.25) is 0 Å². The molecule has 1 amide bonds. The summed E-state index contributed by atoms with van der Waals surface area (Å²) in [5, 5.41) is 7.66. The largest absolute Gasteiger partial charge is 1.00 e. The van der Waals surface area contributed by atoms with E-state index in [0.717, 1.165) is 65.3 Å². The van der Waals surface area contributed by atoms with Crippen LogP contribution in [0.25, 0.3) is 5.70 Å². The van der Waals surface area contributed by atoms with Crippen molar-refractivity contribution < 1.29 is 74.6 Å². The van der Waals surface area contributed by atoms with E-state index in [1.165, 1.54) is 69.7 Å². The molecule has 446 valence electrons. The molecule has 1 fully saturated rings. The number of hydrogen-bond donors (Lipinski definition) is 3. The Balaban J connectivity index is 0.00000124. The smallest absolute Gasteiger partial charge is 0.394 e. The predicted molar refractivity (Wildman–Crippen MR) is 333 cm³/mol. The Hall–Kier alpha value is -3.47. The molecule has 0 bridgehead atoms. The molecule has 2 aliphatic rings. The Morgan fingerprint density at radius 2 is 1.51 bits per heavy atom. The quantitative estimate of drug-likeness (QED) is 0.0348. The summed E-state index contributed by atoms with van der Waals surface area (Å²) in [5.74, 6) is -1.29. The van der Waals surface area contributed by atoms with Crippen molar-refractivity contribution in [1.82, 2.24) is 19.7 Å². The number of rotatable bonds is 24. The number of fused-ring (bicyclic) bond motifs is 1. The molecule has 4 N–H and O–H groups in total. The zero-order chi connectivity index (χ0) is 60.0. The van der Waals surface area contributed by atoms with Gasteiger partial charge in [0.1, 0.15) is 17.7 Å². The molecule has 1 aromatic heterocycles. The zero-order valence-electron chi connectivity index (χ0n) is 53.5. The molecule has 3 heterocycles. The maximum absolute atomic E-state index is 14.6. The second kappa shape index (κ2) is 40.7. The topological polar surface area (TPSA) is 125 Å². The summed E-state index contributed by atoms with van der Waals surface area (Å²) < 4.78 is 30.9. The number of nitrogens with two attached hydrogens (primary N) is 1. The van der Waals surface area contributed by atoms with Gasteiger partial charge < -0.3 is 28.2 Å². The fourth-order valence-corrected chi connectivity index (χ4v) is 10.2. The third kappa shape index (κ3) is 23.6. The van der Waals surface area contributed by atoms with Crippen LogP contribution in [0.5, 0.6) is 0 Å². The number of Topliss-reactive ketones (excluding diaryl/α,β-unsaturated/α-hetero) is 1. The van der Waals surface area contributed by atoms with Crippen LogP contribution in [0.1, 0.15) is 208 Å². The van der Waals surface area contributed by atoms with Crippen LogP contribution >= 0.6 is 0 Å². The number of primary amides is 1. The van der Waals surface area contributed by atoms with Crippen LogP contribution in [0.4, 0.5) is 20.2 Å². The molecule has 3 aromatic rings. The first kappa shape index (κ1) is 76.5. The van der Waals surface area contributed by atoms with E-state index in [1.54, 1.807) is 42.2 Å². The van der Waals surface area contributed by atoms with Gasteiger partial charge in [-0.3, -0.25) is 28.7 Å². The van der Waals surface area contributed by atoms with Gasteiger partial charge in [0.25, 0.3) is 5.56 Å². The van der Waals surface area contributed by atoms with Crippen LogP contribution in [-0.4, -0.2) is 91.1 Å². The number of aromatic nitrogens is 1. The van der Waals surface area contributed by atoms with Crippen LogP contribution < -0.4 is 78.4 Å². The number of carbonyl (C=O) groups excluding carboxylic acids is 2. The number of likely N-dealkylation sites (tertiary alicyclic amines) is 1. The van der Waals surface area contributed by atoms with Gasteiger partial charge in [-0.05, 0) is 171 Å². The molecule has 2 aromatic carbocycles. The summed E-state index contributed by atoms with van der Waals surface area (Å²) in [4.78, 5) is 47.1. The van der Waals surface area contributed by atoms with Crippen LogP contribution in [0, 0.1) is 24.5 Å². The van der Waals surface area contributed by atoms with Crippen molar-refractivity contribution in [3.63, 3.8) is 0 Å². The molecule has 3 atom stereocenters. The Morgan fingerprint density at radius 3 is 1.99 bits per heavy atom. The number of ketones is 1. The number of piperidine rings is 1. The van der Waals surface area contributed by atoms with Crippen molar-refractivity contribution in [2.75, 3.05) is 57.2 Å². The van der Waals surface area contributed by atoms with E-state index in [-0.39, 0.29) is 97.2 Å². The number of allylic oxidation sites excluding steroid dienone is 4. The van der Waals surface area contributed by atoms with Gasteiger partial charge in [-0.1, -0.05) is 113 Å². The number of amides is 1. The van der Waals surface area contributed by atoms with Crippen molar-refractivity contribution in [2.24, 2.45) is 11.7 Å². The Morgan fingerprint density at radius 1 is 0.912 bits per heavy atom. The summed E-state index contributed by atoms with van der Waals surface area (Å²) >= 11 is 0. The van der Waals surface area contributed by atoms with E-state index in [1.807, 2.05) is 66.7 Å². The van der Waals surface area contributed by atoms with Crippen molar-refractivity contribution in [3.8, 4) is 0 Å². The van der Waals surface area contributed by atoms with E-state index in [0.29, 0.717) is 38.8 Å². The molecule has 2 aliphatic heterocycles. The number of carbonyl (C=O) groups is 2. The normalized spacial score (nSPS) is 16.2. The van der Waals surface area contributed by atoms with Gasteiger partial charge in [0.15, 0.2) is 5.78 Å². The number of hydrogen-bond acceptors (Lipinski definition) is 9. The number of halogens is 2. The van der Waals surface area contributed by atoms with Crippen molar-refractivity contribution in [3.05, 3.63) is 129 Å². The Kier molecular flexibility index (Phi) is 38.9. The molecule has 14 heteroatoms. The number of pyridine rings is 1. The van der Waals surface area contributed by atoms with Crippen molar-refractivity contribution in [2.45, 2.75) is 211 Å².